The highest BCUT2D eigenvalue weighted by Crippen LogP contribution is 2.19. The molecule has 2 rings (SSSR count). The minimum absolute atomic E-state index is 0.0669. The summed E-state index contributed by atoms with van der Waals surface area (Å²) in [4.78, 5) is 37.4. The van der Waals surface area contributed by atoms with Gasteiger partial charge in [0.15, 0.2) is 0 Å². The highest BCUT2D eigenvalue weighted by molar-refractivity contribution is 5.96. The summed E-state index contributed by atoms with van der Waals surface area (Å²) < 4.78 is 0. The van der Waals surface area contributed by atoms with Crippen LogP contribution in [0.2, 0.25) is 0 Å². The molecule has 2 aromatic rings. The summed E-state index contributed by atoms with van der Waals surface area (Å²) >= 11 is 0. The Kier molecular flexibility index (Phi) is 17.2. The first kappa shape index (κ1) is 33.5. The fourth-order valence-corrected chi connectivity index (χ4v) is 3.65. The first-order chi connectivity index (χ1) is 19.4. The summed E-state index contributed by atoms with van der Waals surface area (Å²) in [6.07, 6.45) is 3.30. The van der Waals surface area contributed by atoms with Gasteiger partial charge in [-0.25, -0.2) is 5.84 Å². The lowest BCUT2D eigenvalue weighted by molar-refractivity contribution is -0.129. The van der Waals surface area contributed by atoms with Crippen LogP contribution in [0.25, 0.3) is 11.1 Å². The molecule has 0 saturated heterocycles. The number of rotatable bonds is 14. The maximum atomic E-state index is 12.9. The van der Waals surface area contributed by atoms with Crippen molar-refractivity contribution in [2.75, 3.05) is 20.1 Å². The van der Waals surface area contributed by atoms with Crippen LogP contribution in [-0.4, -0.2) is 56.2 Å². The maximum absolute atomic E-state index is 12.9. The van der Waals surface area contributed by atoms with Crippen LogP contribution >= 0.6 is 0 Å². The molecule has 0 saturated carbocycles. The van der Waals surface area contributed by atoms with Crippen molar-refractivity contribution < 1.29 is 14.4 Å². The third-order valence-electron chi connectivity index (χ3n) is 5.64. The van der Waals surface area contributed by atoms with Gasteiger partial charge in [-0.05, 0) is 49.5 Å². The molecule has 40 heavy (non-hydrogen) atoms. The van der Waals surface area contributed by atoms with Crippen LogP contribution in [0, 0.1) is 5.41 Å². The smallest absolute Gasteiger partial charge is 0.242 e. The fraction of sp³-hybridized carbons (Fsp3) is 0.370. The van der Waals surface area contributed by atoms with Gasteiger partial charge in [-0.1, -0.05) is 54.6 Å². The fourth-order valence-electron chi connectivity index (χ4n) is 3.65. The van der Waals surface area contributed by atoms with Gasteiger partial charge in [0.2, 0.25) is 23.7 Å². The molecule has 1 unspecified atom stereocenters. The summed E-state index contributed by atoms with van der Waals surface area (Å²) in [5.74, 6) is 9.25. The number of nitrogens with one attached hydrogen (secondary N) is 6. The van der Waals surface area contributed by atoms with E-state index in [0.29, 0.717) is 13.0 Å². The molecular formula is C27H42N10O3. The van der Waals surface area contributed by atoms with Gasteiger partial charge in [-0.15, -0.1) is 5.10 Å². The number of benzene rings is 2. The second-order valence-electron chi connectivity index (χ2n) is 8.68. The van der Waals surface area contributed by atoms with Crippen molar-refractivity contribution in [1.29, 1.82) is 5.41 Å². The van der Waals surface area contributed by atoms with E-state index >= 15 is 0 Å². The molecule has 1 atom stereocenters. The Labute approximate surface area is 235 Å². The monoisotopic (exact) mass is 554 g/mol. The summed E-state index contributed by atoms with van der Waals surface area (Å²) in [7, 11) is 1.89. The summed E-state index contributed by atoms with van der Waals surface area (Å²) in [5.41, 5.74) is 9.65. The van der Waals surface area contributed by atoms with E-state index < -0.39 is 6.04 Å². The topological polar surface area (TPSA) is 226 Å². The normalized spacial score (nSPS) is 11.3. The van der Waals surface area contributed by atoms with E-state index in [1.54, 1.807) is 0 Å². The minimum Gasteiger partial charge on any atom is -0.390 e. The van der Waals surface area contributed by atoms with Crippen molar-refractivity contribution in [1.82, 2.24) is 26.7 Å². The van der Waals surface area contributed by atoms with Crippen molar-refractivity contribution >= 4 is 30.0 Å². The van der Waals surface area contributed by atoms with Crippen molar-refractivity contribution in [3.8, 4) is 11.1 Å². The van der Waals surface area contributed by atoms with Crippen molar-refractivity contribution in [3.63, 3.8) is 0 Å². The lowest BCUT2D eigenvalue weighted by Gasteiger charge is -2.19. The van der Waals surface area contributed by atoms with Gasteiger partial charge in [0.25, 0.3) is 0 Å². The van der Waals surface area contributed by atoms with E-state index in [1.807, 2.05) is 61.6 Å². The van der Waals surface area contributed by atoms with Gasteiger partial charge in [-0.3, -0.25) is 30.5 Å². The number of hydrazine groups is 1. The number of nitrogens with zero attached hydrogens (tertiary/aromatic N) is 1. The van der Waals surface area contributed by atoms with Gasteiger partial charge in [0, 0.05) is 25.8 Å². The molecule has 0 aliphatic rings. The highest BCUT2D eigenvalue weighted by Gasteiger charge is 2.21. The number of amides is 3. The molecule has 13 heteroatoms. The molecule has 0 spiro atoms. The van der Waals surface area contributed by atoms with Crippen LogP contribution in [0.3, 0.4) is 0 Å². The number of carbonyl (C=O) groups is 3. The number of nitrogens with two attached hydrogens (primary N) is 3. The second-order valence-corrected chi connectivity index (χ2v) is 8.68. The average Bonchev–Trinajstić information content (AvgIpc) is 2.96. The molecule has 0 aromatic heterocycles. The summed E-state index contributed by atoms with van der Waals surface area (Å²) in [5, 5.41) is 20.4. The first-order valence-electron chi connectivity index (χ1n) is 13.0. The molecule has 218 valence electrons. The Morgan fingerprint density at radius 3 is 2.12 bits per heavy atom. The van der Waals surface area contributed by atoms with Crippen LogP contribution in [0.15, 0.2) is 59.7 Å². The molecule has 0 heterocycles. The van der Waals surface area contributed by atoms with Crippen molar-refractivity contribution in [2.45, 2.75) is 44.6 Å². The first-order valence-corrected chi connectivity index (χ1v) is 13.0. The molecular weight excluding hydrogens is 512 g/mol. The third kappa shape index (κ3) is 13.9. The quantitative estimate of drug-likeness (QED) is 0.0507. The number of guanidine groups is 1. The van der Waals surface area contributed by atoms with Gasteiger partial charge < -0.3 is 27.5 Å². The zero-order valence-electron chi connectivity index (χ0n) is 22.9. The Balaban J connectivity index is 0.00000254. The third-order valence-corrected chi connectivity index (χ3v) is 5.64. The second kappa shape index (κ2) is 20.5. The Hall–Kier alpha value is -4.49. The van der Waals surface area contributed by atoms with Gasteiger partial charge in [0.1, 0.15) is 6.04 Å². The van der Waals surface area contributed by atoms with E-state index in [0.717, 1.165) is 42.4 Å². The molecule has 0 bridgehead atoms. The minimum atomic E-state index is -0.731. The molecule has 13 nitrogen and oxygen atoms in total. The standard InChI is InChI=1S/C26H38N8O3.CH4N2/c1-29-16-5-6-17-30-25(37)22(31-23(35)10-7-11-24(36)32-26(33-27)34-28)18-19-12-14-21(15-13-19)20-8-3-2-4-9-20;2-1-3/h2-4,8-9,12-15,22,29H,5-7,10-11,16-18,27-28H2,1H3,(H,30,37)(H,31,35)(H2,32,33,34,36);1H,(H3,2,3). The van der Waals surface area contributed by atoms with Crippen LogP contribution in [0.1, 0.15) is 37.7 Å². The number of hydrogen-bond donors (Lipinski definition) is 9. The zero-order chi connectivity index (χ0) is 29.6. The lowest BCUT2D eigenvalue weighted by atomic mass is 10.00. The van der Waals surface area contributed by atoms with Gasteiger partial charge >= 0.3 is 0 Å². The predicted molar refractivity (Wildman–Crippen MR) is 158 cm³/mol. The Morgan fingerprint density at radius 2 is 1.52 bits per heavy atom. The molecule has 12 N–H and O–H groups in total. The summed E-state index contributed by atoms with van der Waals surface area (Å²) in [6.45, 7) is 1.40. The van der Waals surface area contributed by atoms with Crippen LogP contribution in [-0.2, 0) is 20.8 Å². The Morgan fingerprint density at radius 1 is 0.925 bits per heavy atom. The van der Waals surface area contributed by atoms with Crippen molar-refractivity contribution in [2.24, 2.45) is 22.5 Å². The number of hydrazone groups is 1. The highest BCUT2D eigenvalue weighted by atomic mass is 16.2. The van der Waals surface area contributed by atoms with E-state index in [4.69, 9.17) is 17.1 Å². The largest absolute Gasteiger partial charge is 0.390 e. The van der Waals surface area contributed by atoms with Gasteiger partial charge in [0.05, 0.1) is 6.34 Å². The van der Waals surface area contributed by atoms with E-state index in [1.165, 1.54) is 0 Å². The molecule has 3 amide bonds. The lowest BCUT2D eigenvalue weighted by Crippen LogP contribution is -2.48. The molecule has 0 aliphatic carbocycles. The van der Waals surface area contributed by atoms with Gasteiger partial charge in [-0.2, -0.15) is 0 Å². The van der Waals surface area contributed by atoms with E-state index in [9.17, 15) is 14.4 Å². The molecule has 0 radical (unpaired) electrons. The van der Waals surface area contributed by atoms with Crippen LogP contribution in [0.4, 0.5) is 0 Å². The Bertz CT molecular complexity index is 1060. The van der Waals surface area contributed by atoms with Crippen molar-refractivity contribution in [3.05, 3.63) is 60.2 Å². The predicted octanol–water partition coefficient (Wildman–Crippen LogP) is 0.0284. The van der Waals surface area contributed by atoms with E-state index in [2.05, 4.69) is 37.5 Å². The SMILES string of the molecule is CNCCCCNC(=O)C(Cc1ccc(-c2ccccc2)cc1)NC(=O)CCCC(=O)N/C(=N/N)NN.N=CN. The molecule has 0 aliphatic heterocycles. The number of carbonyl (C=O) groups excluding carboxylic acids is 3. The van der Waals surface area contributed by atoms with E-state index in [-0.39, 0.29) is 42.9 Å². The number of hydrogen-bond acceptors (Lipinski definition) is 8. The number of unbranched alkanes of at least 4 members (excludes halogenated alkanes) is 1. The van der Waals surface area contributed by atoms with Crippen LogP contribution < -0.4 is 44.1 Å². The summed E-state index contributed by atoms with van der Waals surface area (Å²) in [6, 6.07) is 17.2. The maximum Gasteiger partial charge on any atom is 0.242 e. The zero-order valence-corrected chi connectivity index (χ0v) is 22.9. The van der Waals surface area contributed by atoms with Crippen LogP contribution in [0.5, 0.6) is 0 Å². The molecule has 0 fully saturated rings. The molecule has 2 aromatic carbocycles. The average molecular weight is 555 g/mol.